The van der Waals surface area contributed by atoms with E-state index < -0.39 is 6.03 Å². The fourth-order valence-corrected chi connectivity index (χ4v) is 4.14. The molecule has 0 bridgehead atoms. The molecule has 0 aliphatic carbocycles. The molecule has 158 valence electrons. The molecular weight excluding hydrogens is 372 g/mol. The monoisotopic (exact) mass is 402 g/mol. The Morgan fingerprint density at radius 2 is 1.93 bits per heavy atom. The van der Waals surface area contributed by atoms with Crippen molar-refractivity contribution in [2.75, 3.05) is 32.7 Å². The summed E-state index contributed by atoms with van der Waals surface area (Å²) in [5.74, 6) is -0.00269. The van der Waals surface area contributed by atoms with Crippen LogP contribution in [0.25, 0.3) is 0 Å². The molecule has 1 atom stereocenters. The number of likely N-dealkylation sites (tertiary alicyclic amines) is 2. The zero-order valence-electron chi connectivity index (χ0n) is 16.7. The molecule has 3 heterocycles. The lowest BCUT2D eigenvalue weighted by Crippen LogP contribution is -2.52. The highest BCUT2D eigenvalue weighted by molar-refractivity contribution is 5.83. The van der Waals surface area contributed by atoms with Crippen molar-refractivity contribution in [3.63, 3.8) is 0 Å². The van der Waals surface area contributed by atoms with Crippen LogP contribution in [0.1, 0.15) is 31.2 Å². The highest BCUT2D eigenvalue weighted by atomic mass is 16.2. The van der Waals surface area contributed by atoms with Gasteiger partial charge in [-0.3, -0.25) is 19.5 Å². The first-order chi connectivity index (χ1) is 14.0. The van der Waals surface area contributed by atoms with Gasteiger partial charge in [-0.25, -0.2) is 4.79 Å². The van der Waals surface area contributed by atoms with Crippen molar-refractivity contribution < 1.29 is 14.4 Å². The van der Waals surface area contributed by atoms with Gasteiger partial charge in [0.25, 0.3) is 0 Å². The molecule has 4 amide bonds. The van der Waals surface area contributed by atoms with E-state index >= 15 is 0 Å². The third kappa shape index (κ3) is 6.15. The minimum atomic E-state index is -0.686. The molecule has 29 heavy (non-hydrogen) atoms. The van der Waals surface area contributed by atoms with Gasteiger partial charge < -0.3 is 21.3 Å². The SMILES string of the molecule is NC(=O)NCC(=O)N1CCC(N2CCC[C@H](C(=O)NCc3cccnc3)C2)CC1. The number of urea groups is 1. The van der Waals surface area contributed by atoms with Gasteiger partial charge in [0.2, 0.25) is 11.8 Å². The topological polar surface area (TPSA) is 121 Å². The minimum Gasteiger partial charge on any atom is -0.352 e. The number of carbonyl (C=O) groups excluding carboxylic acids is 3. The fraction of sp³-hybridized carbons (Fsp3) is 0.600. The Hall–Kier alpha value is -2.68. The lowest BCUT2D eigenvalue weighted by molar-refractivity contribution is -0.131. The first-order valence-corrected chi connectivity index (χ1v) is 10.2. The van der Waals surface area contributed by atoms with Crippen molar-refractivity contribution in [1.82, 2.24) is 25.4 Å². The van der Waals surface area contributed by atoms with Crippen LogP contribution in [0.2, 0.25) is 0 Å². The van der Waals surface area contributed by atoms with E-state index in [-0.39, 0.29) is 24.3 Å². The average molecular weight is 402 g/mol. The van der Waals surface area contributed by atoms with Crippen molar-refractivity contribution >= 4 is 17.8 Å². The molecular formula is C20H30N6O3. The second kappa shape index (κ2) is 10.2. The lowest BCUT2D eigenvalue weighted by Gasteiger charge is -2.42. The van der Waals surface area contributed by atoms with Crippen LogP contribution in [0.5, 0.6) is 0 Å². The third-order valence-electron chi connectivity index (χ3n) is 5.76. The van der Waals surface area contributed by atoms with E-state index in [4.69, 9.17) is 5.73 Å². The van der Waals surface area contributed by atoms with Gasteiger partial charge >= 0.3 is 6.03 Å². The summed E-state index contributed by atoms with van der Waals surface area (Å²) in [4.78, 5) is 43.7. The van der Waals surface area contributed by atoms with Crippen LogP contribution < -0.4 is 16.4 Å². The number of primary amides is 1. The highest BCUT2D eigenvalue weighted by Gasteiger charge is 2.32. The summed E-state index contributed by atoms with van der Waals surface area (Å²) < 4.78 is 0. The molecule has 0 aromatic carbocycles. The molecule has 3 rings (SSSR count). The van der Waals surface area contributed by atoms with Crippen molar-refractivity contribution in [2.45, 2.75) is 38.3 Å². The zero-order valence-corrected chi connectivity index (χ0v) is 16.7. The molecule has 1 aromatic rings. The highest BCUT2D eigenvalue weighted by Crippen LogP contribution is 2.24. The van der Waals surface area contributed by atoms with Gasteiger partial charge in [-0.05, 0) is 43.9 Å². The maximum Gasteiger partial charge on any atom is 0.312 e. The van der Waals surface area contributed by atoms with Gasteiger partial charge in [-0.2, -0.15) is 0 Å². The number of nitrogens with one attached hydrogen (secondary N) is 2. The van der Waals surface area contributed by atoms with Gasteiger partial charge in [0.1, 0.15) is 0 Å². The van der Waals surface area contributed by atoms with Crippen molar-refractivity contribution in [3.8, 4) is 0 Å². The number of piperidine rings is 2. The number of carbonyl (C=O) groups is 3. The smallest absolute Gasteiger partial charge is 0.312 e. The largest absolute Gasteiger partial charge is 0.352 e. The van der Waals surface area contributed by atoms with Gasteiger partial charge in [0.05, 0.1) is 12.5 Å². The summed E-state index contributed by atoms with van der Waals surface area (Å²) in [6.07, 6.45) is 7.16. The van der Waals surface area contributed by atoms with Crippen molar-refractivity contribution in [3.05, 3.63) is 30.1 Å². The number of pyridine rings is 1. The zero-order chi connectivity index (χ0) is 20.6. The summed E-state index contributed by atoms with van der Waals surface area (Å²) in [6, 6.07) is 3.52. The van der Waals surface area contributed by atoms with Crippen LogP contribution in [0.15, 0.2) is 24.5 Å². The standard InChI is InChI=1S/C20H30N6O3/c21-20(29)24-13-18(27)25-9-5-17(6-10-25)26-8-2-4-16(14-26)19(28)23-12-15-3-1-7-22-11-15/h1,3,7,11,16-17H,2,4-6,8-10,12-14H2,(H,23,28)(H3,21,24,29)/t16-/m0/s1. The predicted molar refractivity (Wildman–Crippen MR) is 108 cm³/mol. The lowest BCUT2D eigenvalue weighted by atomic mass is 9.93. The molecule has 9 nitrogen and oxygen atoms in total. The normalized spacial score (nSPS) is 20.8. The quantitative estimate of drug-likeness (QED) is 0.622. The maximum atomic E-state index is 12.6. The van der Waals surface area contributed by atoms with E-state index in [9.17, 15) is 14.4 Å². The van der Waals surface area contributed by atoms with Crippen LogP contribution in [-0.4, -0.2) is 71.4 Å². The van der Waals surface area contributed by atoms with Crippen LogP contribution >= 0.6 is 0 Å². The van der Waals surface area contributed by atoms with E-state index in [0.717, 1.165) is 44.3 Å². The summed E-state index contributed by atoms with van der Waals surface area (Å²) in [5.41, 5.74) is 6.02. The molecule has 1 aromatic heterocycles. The second-order valence-corrected chi connectivity index (χ2v) is 7.74. The average Bonchev–Trinajstić information content (AvgIpc) is 2.76. The fourth-order valence-electron chi connectivity index (χ4n) is 4.14. The Morgan fingerprint density at radius 3 is 2.62 bits per heavy atom. The van der Waals surface area contributed by atoms with Gasteiger partial charge in [-0.15, -0.1) is 0 Å². The predicted octanol–water partition coefficient (Wildman–Crippen LogP) is 0.0691. The third-order valence-corrected chi connectivity index (χ3v) is 5.76. The Kier molecular flexibility index (Phi) is 7.40. The Balaban J connectivity index is 1.43. The Bertz CT molecular complexity index is 705. The van der Waals surface area contributed by atoms with Crippen LogP contribution in [0.4, 0.5) is 4.79 Å². The molecule has 2 saturated heterocycles. The Morgan fingerprint density at radius 1 is 1.14 bits per heavy atom. The summed E-state index contributed by atoms with van der Waals surface area (Å²) in [6.45, 7) is 3.54. The first kappa shape index (κ1) is 21.0. The molecule has 2 aliphatic heterocycles. The van der Waals surface area contributed by atoms with Crippen LogP contribution in [0.3, 0.4) is 0 Å². The van der Waals surface area contributed by atoms with E-state index in [0.29, 0.717) is 25.7 Å². The number of aromatic nitrogens is 1. The number of amides is 4. The van der Waals surface area contributed by atoms with Gasteiger partial charge in [-0.1, -0.05) is 6.07 Å². The molecule has 9 heteroatoms. The molecule has 0 saturated carbocycles. The van der Waals surface area contributed by atoms with Gasteiger partial charge in [0.15, 0.2) is 0 Å². The van der Waals surface area contributed by atoms with E-state index in [2.05, 4.69) is 20.5 Å². The summed E-state index contributed by atoms with van der Waals surface area (Å²) in [5, 5.41) is 5.38. The number of nitrogens with two attached hydrogens (primary N) is 1. The van der Waals surface area contributed by atoms with E-state index in [1.54, 1.807) is 17.3 Å². The summed E-state index contributed by atoms with van der Waals surface area (Å²) in [7, 11) is 0. The van der Waals surface area contributed by atoms with Crippen LogP contribution in [0, 0.1) is 5.92 Å². The molecule has 0 unspecified atom stereocenters. The molecule has 0 radical (unpaired) electrons. The van der Waals surface area contributed by atoms with Crippen LogP contribution in [-0.2, 0) is 16.1 Å². The number of rotatable bonds is 6. The van der Waals surface area contributed by atoms with Crippen molar-refractivity contribution in [2.24, 2.45) is 11.7 Å². The Labute approximate surface area is 171 Å². The molecule has 2 aliphatic rings. The van der Waals surface area contributed by atoms with E-state index in [1.807, 2.05) is 12.1 Å². The first-order valence-electron chi connectivity index (χ1n) is 10.2. The second-order valence-electron chi connectivity index (χ2n) is 7.74. The number of hydrogen-bond donors (Lipinski definition) is 3. The summed E-state index contributed by atoms with van der Waals surface area (Å²) >= 11 is 0. The van der Waals surface area contributed by atoms with Crippen molar-refractivity contribution in [1.29, 1.82) is 0 Å². The molecule has 4 N–H and O–H groups in total. The number of hydrogen-bond acceptors (Lipinski definition) is 5. The maximum absolute atomic E-state index is 12.6. The molecule has 2 fully saturated rings. The number of nitrogens with zero attached hydrogens (tertiary/aromatic N) is 3. The minimum absolute atomic E-state index is 0.000139. The molecule has 0 spiro atoms. The van der Waals surface area contributed by atoms with Gasteiger partial charge in [0, 0.05) is 44.6 Å². The van der Waals surface area contributed by atoms with E-state index in [1.165, 1.54) is 0 Å².